The van der Waals surface area contributed by atoms with Gasteiger partial charge in [-0.15, -0.1) is 0 Å². The quantitative estimate of drug-likeness (QED) is 0.610. The van der Waals surface area contributed by atoms with Gasteiger partial charge in [-0.3, -0.25) is 0 Å². The first-order valence-corrected chi connectivity index (χ1v) is 6.32. The lowest BCUT2D eigenvalue weighted by atomic mass is 9.90. The average molecular weight is 323 g/mol. The zero-order valence-corrected chi connectivity index (χ0v) is 11.4. The van der Waals surface area contributed by atoms with E-state index in [1.54, 1.807) is 0 Å². The minimum Gasteiger partial charge on any atom is -0.207 e. The molecule has 106 valence electrons. The minimum atomic E-state index is -4.55. The molecule has 0 aliphatic heterocycles. The van der Waals surface area contributed by atoms with Gasteiger partial charge in [0.2, 0.25) is 0 Å². The molecule has 0 N–H and O–H groups in total. The highest BCUT2D eigenvalue weighted by molar-refractivity contribution is 6.35. The molecule has 0 spiro atoms. The fourth-order valence-electron chi connectivity index (χ4n) is 1.94. The van der Waals surface area contributed by atoms with Crippen LogP contribution in [0.2, 0.25) is 10.0 Å². The molecule has 2 rings (SSSR count). The van der Waals surface area contributed by atoms with Crippen molar-refractivity contribution in [2.45, 2.75) is 12.1 Å². The van der Waals surface area contributed by atoms with Crippen LogP contribution < -0.4 is 0 Å². The molecule has 6 heteroatoms. The van der Waals surface area contributed by atoms with E-state index in [9.17, 15) is 17.6 Å². The Hall–Kier alpha value is -1.26. The first-order valence-electron chi connectivity index (χ1n) is 5.56. The van der Waals surface area contributed by atoms with E-state index in [-0.39, 0.29) is 21.2 Å². The summed E-state index contributed by atoms with van der Waals surface area (Å²) >= 11 is 11.5. The van der Waals surface area contributed by atoms with Gasteiger partial charge in [0.15, 0.2) is 0 Å². The number of alkyl halides is 3. The van der Waals surface area contributed by atoms with Gasteiger partial charge < -0.3 is 0 Å². The molecule has 20 heavy (non-hydrogen) atoms. The average Bonchev–Trinajstić information content (AvgIpc) is 2.33. The second-order valence-electron chi connectivity index (χ2n) is 4.19. The summed E-state index contributed by atoms with van der Waals surface area (Å²) in [4.78, 5) is 0. The van der Waals surface area contributed by atoms with Gasteiger partial charge in [0.1, 0.15) is 11.7 Å². The van der Waals surface area contributed by atoms with Gasteiger partial charge in [0.25, 0.3) is 0 Å². The van der Waals surface area contributed by atoms with Crippen molar-refractivity contribution in [1.29, 1.82) is 0 Å². The summed E-state index contributed by atoms with van der Waals surface area (Å²) in [6, 6.07) is 7.98. The molecule has 0 aliphatic rings. The summed E-state index contributed by atoms with van der Waals surface area (Å²) in [5, 5.41) is 0.169. The monoisotopic (exact) mass is 322 g/mol. The normalized spacial score (nSPS) is 13.3. The zero-order valence-electron chi connectivity index (χ0n) is 9.89. The molecular weight excluding hydrogens is 315 g/mol. The van der Waals surface area contributed by atoms with Crippen LogP contribution in [0.15, 0.2) is 42.5 Å². The van der Waals surface area contributed by atoms with Crippen molar-refractivity contribution in [2.75, 3.05) is 0 Å². The predicted octanol–water partition coefficient (Wildman–Crippen LogP) is 5.83. The molecule has 0 heterocycles. The summed E-state index contributed by atoms with van der Waals surface area (Å²) in [6.45, 7) is 0. The molecule has 0 aromatic heterocycles. The van der Waals surface area contributed by atoms with Crippen molar-refractivity contribution in [2.24, 2.45) is 0 Å². The highest BCUT2D eigenvalue weighted by Crippen LogP contribution is 2.43. The van der Waals surface area contributed by atoms with Crippen LogP contribution in [0.1, 0.15) is 17.0 Å². The SMILES string of the molecule is Fc1ccc(C(c2ccc(Cl)cc2Cl)C(F)(F)F)cc1. The highest BCUT2D eigenvalue weighted by Gasteiger charge is 2.42. The van der Waals surface area contributed by atoms with Crippen LogP contribution in [-0.2, 0) is 0 Å². The van der Waals surface area contributed by atoms with E-state index in [1.165, 1.54) is 18.2 Å². The van der Waals surface area contributed by atoms with Crippen molar-refractivity contribution in [3.05, 3.63) is 69.5 Å². The molecule has 1 unspecified atom stereocenters. The Morgan fingerprint density at radius 3 is 2.00 bits per heavy atom. The van der Waals surface area contributed by atoms with Crippen LogP contribution in [0.4, 0.5) is 17.6 Å². The van der Waals surface area contributed by atoms with Gasteiger partial charge in [0.05, 0.1) is 0 Å². The lowest BCUT2D eigenvalue weighted by Gasteiger charge is -2.22. The van der Waals surface area contributed by atoms with Crippen LogP contribution in [0, 0.1) is 5.82 Å². The summed E-state index contributed by atoms with van der Waals surface area (Å²) in [6.07, 6.45) is -4.55. The fourth-order valence-corrected chi connectivity index (χ4v) is 2.45. The van der Waals surface area contributed by atoms with Crippen molar-refractivity contribution in [3.63, 3.8) is 0 Å². The molecule has 0 nitrogen and oxygen atoms in total. The van der Waals surface area contributed by atoms with Crippen LogP contribution in [0.25, 0.3) is 0 Å². The molecule has 0 saturated carbocycles. The molecule has 0 bridgehead atoms. The molecule has 2 aromatic rings. The fraction of sp³-hybridized carbons (Fsp3) is 0.143. The minimum absolute atomic E-state index is 0.0795. The molecule has 0 saturated heterocycles. The molecule has 0 amide bonds. The maximum atomic E-state index is 13.3. The van der Waals surface area contributed by atoms with E-state index in [4.69, 9.17) is 23.2 Å². The Morgan fingerprint density at radius 1 is 0.900 bits per heavy atom. The Morgan fingerprint density at radius 2 is 1.50 bits per heavy atom. The Labute approximate surface area is 122 Å². The summed E-state index contributed by atoms with van der Waals surface area (Å²) in [5.74, 6) is -2.52. The van der Waals surface area contributed by atoms with Crippen molar-refractivity contribution < 1.29 is 17.6 Å². The third-order valence-electron chi connectivity index (χ3n) is 2.80. The largest absolute Gasteiger partial charge is 0.399 e. The summed E-state index contributed by atoms with van der Waals surface area (Å²) < 4.78 is 52.7. The van der Waals surface area contributed by atoms with Gasteiger partial charge in [-0.2, -0.15) is 13.2 Å². The van der Waals surface area contributed by atoms with Crippen molar-refractivity contribution in [3.8, 4) is 0 Å². The first kappa shape index (κ1) is 15.1. The van der Waals surface area contributed by atoms with Gasteiger partial charge in [0, 0.05) is 10.0 Å². The Balaban J connectivity index is 2.56. The third kappa shape index (κ3) is 3.25. The third-order valence-corrected chi connectivity index (χ3v) is 3.37. The van der Waals surface area contributed by atoms with Crippen LogP contribution in [-0.4, -0.2) is 6.18 Å². The predicted molar refractivity (Wildman–Crippen MR) is 70.8 cm³/mol. The van der Waals surface area contributed by atoms with Gasteiger partial charge in [-0.1, -0.05) is 41.4 Å². The van der Waals surface area contributed by atoms with Gasteiger partial charge in [-0.25, -0.2) is 4.39 Å². The first-order chi connectivity index (χ1) is 9.29. The number of benzene rings is 2. The number of hydrogen-bond acceptors (Lipinski definition) is 0. The number of halogens is 6. The maximum absolute atomic E-state index is 13.3. The number of hydrogen-bond donors (Lipinski definition) is 0. The molecule has 0 radical (unpaired) electrons. The topological polar surface area (TPSA) is 0 Å². The van der Waals surface area contributed by atoms with Crippen molar-refractivity contribution in [1.82, 2.24) is 0 Å². The van der Waals surface area contributed by atoms with Crippen LogP contribution in [0.3, 0.4) is 0 Å². The van der Waals surface area contributed by atoms with E-state index in [0.29, 0.717) is 0 Å². The number of rotatable bonds is 2. The Kier molecular flexibility index (Phi) is 4.25. The Bertz CT molecular complexity index is 606. The van der Waals surface area contributed by atoms with Gasteiger partial charge >= 0.3 is 6.18 Å². The summed E-state index contributed by atoms with van der Waals surface area (Å²) in [7, 11) is 0. The van der Waals surface area contributed by atoms with Crippen LogP contribution in [0.5, 0.6) is 0 Å². The summed E-state index contributed by atoms with van der Waals surface area (Å²) in [5.41, 5.74) is -0.196. The van der Waals surface area contributed by atoms with Crippen molar-refractivity contribution >= 4 is 23.2 Å². The van der Waals surface area contributed by atoms with E-state index >= 15 is 0 Å². The van der Waals surface area contributed by atoms with E-state index < -0.39 is 17.9 Å². The zero-order chi connectivity index (χ0) is 14.9. The molecule has 2 aromatic carbocycles. The molecule has 0 aliphatic carbocycles. The smallest absolute Gasteiger partial charge is 0.207 e. The molecular formula is C14H8Cl2F4. The maximum Gasteiger partial charge on any atom is 0.399 e. The highest BCUT2D eigenvalue weighted by atomic mass is 35.5. The second kappa shape index (κ2) is 5.62. The molecule has 0 fully saturated rings. The lowest BCUT2D eigenvalue weighted by Crippen LogP contribution is -2.22. The van der Waals surface area contributed by atoms with E-state index in [0.717, 1.165) is 24.3 Å². The van der Waals surface area contributed by atoms with Gasteiger partial charge in [-0.05, 0) is 35.4 Å². The van der Waals surface area contributed by atoms with E-state index in [1.807, 2.05) is 0 Å². The second-order valence-corrected chi connectivity index (χ2v) is 5.04. The van der Waals surface area contributed by atoms with Crippen LogP contribution >= 0.6 is 23.2 Å². The molecule has 1 atom stereocenters. The lowest BCUT2D eigenvalue weighted by molar-refractivity contribution is -0.141. The standard InChI is InChI=1S/C14H8Cl2F4/c15-9-3-6-11(12(16)7-9)13(14(18,19)20)8-1-4-10(17)5-2-8/h1-7,13H. The van der Waals surface area contributed by atoms with E-state index in [2.05, 4.69) is 0 Å².